The molecule has 1 saturated heterocycles. The van der Waals surface area contributed by atoms with E-state index in [1.54, 1.807) is 30.3 Å². The summed E-state index contributed by atoms with van der Waals surface area (Å²) in [6.07, 6.45) is -4.52. The van der Waals surface area contributed by atoms with Crippen molar-refractivity contribution in [2.24, 2.45) is 0 Å². The first-order chi connectivity index (χ1) is 22.6. The Morgan fingerprint density at radius 2 is 1.57 bits per heavy atom. The fraction of sp³-hybridized carbons (Fsp3) is 0.206. The minimum absolute atomic E-state index is 0.0551. The zero-order valence-electron chi connectivity index (χ0n) is 25.3. The van der Waals surface area contributed by atoms with Gasteiger partial charge in [0.2, 0.25) is 5.95 Å². The molecule has 6 rings (SSSR count). The molecule has 240 valence electrons. The molecule has 2 N–H and O–H groups in total. The second kappa shape index (κ2) is 12.9. The second-order valence-corrected chi connectivity index (χ2v) is 11.1. The maximum Gasteiger partial charge on any atom is 0.416 e. The molecule has 1 aliphatic rings. The SMILES string of the molecule is Cc1nc(N2CCN(C(=O)Nc3cccc(C(F)(F)F)c3)CC2)nc2c1ccc(=O)n2-c1ccc(C(=O)NCc2ccccc2)cc1. The number of pyridine rings is 1. The van der Waals surface area contributed by atoms with Crippen LogP contribution in [0.15, 0.2) is 95.8 Å². The number of anilines is 2. The van der Waals surface area contributed by atoms with Crippen LogP contribution in [-0.2, 0) is 12.7 Å². The van der Waals surface area contributed by atoms with Crippen molar-refractivity contribution in [3.63, 3.8) is 0 Å². The molecule has 0 radical (unpaired) electrons. The summed E-state index contributed by atoms with van der Waals surface area (Å²) in [4.78, 5) is 51.5. The predicted molar refractivity (Wildman–Crippen MR) is 172 cm³/mol. The molecule has 0 unspecified atom stereocenters. The number of nitrogens with one attached hydrogen (secondary N) is 2. The van der Waals surface area contributed by atoms with Gasteiger partial charge >= 0.3 is 12.2 Å². The standard InChI is InChI=1S/C34H30F3N7O3/c1-22-28-14-15-29(45)44(27-12-10-24(11-13-27)31(46)38-21-23-6-3-2-4-7-23)30(28)41-32(39-22)42-16-18-43(19-17-42)33(47)40-26-9-5-8-25(20-26)34(35,36)37/h2-15,20H,16-19,21H2,1H3,(H,38,46)(H,40,47). The van der Waals surface area contributed by atoms with Crippen molar-refractivity contribution < 1.29 is 22.8 Å². The number of aryl methyl sites for hydroxylation is 1. The number of nitrogens with zero attached hydrogens (tertiary/aromatic N) is 5. The third kappa shape index (κ3) is 6.93. The van der Waals surface area contributed by atoms with E-state index in [2.05, 4.69) is 15.6 Å². The summed E-state index contributed by atoms with van der Waals surface area (Å²) >= 11 is 0. The highest BCUT2D eigenvalue weighted by molar-refractivity contribution is 5.94. The van der Waals surface area contributed by atoms with Crippen molar-refractivity contribution in [2.45, 2.75) is 19.6 Å². The number of piperazine rings is 1. The first-order valence-corrected chi connectivity index (χ1v) is 14.9. The maximum absolute atomic E-state index is 13.2. The largest absolute Gasteiger partial charge is 0.416 e. The van der Waals surface area contributed by atoms with E-state index < -0.39 is 17.8 Å². The van der Waals surface area contributed by atoms with Crippen LogP contribution in [0.3, 0.4) is 0 Å². The topological polar surface area (TPSA) is 112 Å². The van der Waals surface area contributed by atoms with E-state index >= 15 is 0 Å². The third-order valence-corrected chi connectivity index (χ3v) is 7.90. The van der Waals surface area contributed by atoms with Gasteiger partial charge in [0.25, 0.3) is 11.5 Å². The number of alkyl halides is 3. The van der Waals surface area contributed by atoms with Crippen LogP contribution in [0.1, 0.15) is 27.2 Å². The summed E-state index contributed by atoms with van der Waals surface area (Å²) in [5, 5.41) is 6.11. The second-order valence-electron chi connectivity index (χ2n) is 11.1. The van der Waals surface area contributed by atoms with Gasteiger partial charge in [-0.2, -0.15) is 18.2 Å². The Balaban J connectivity index is 1.17. The van der Waals surface area contributed by atoms with Gasteiger partial charge in [-0.05, 0) is 61.0 Å². The first kappa shape index (κ1) is 31.3. The summed E-state index contributed by atoms with van der Waals surface area (Å²) in [5.74, 6) is 0.137. The monoisotopic (exact) mass is 641 g/mol. The molecule has 47 heavy (non-hydrogen) atoms. The Labute approximate surface area is 267 Å². The van der Waals surface area contributed by atoms with Gasteiger partial charge in [0.1, 0.15) is 0 Å². The van der Waals surface area contributed by atoms with Gasteiger partial charge in [0.05, 0.1) is 16.9 Å². The van der Waals surface area contributed by atoms with Crippen molar-refractivity contribution >= 4 is 34.6 Å². The maximum atomic E-state index is 13.2. The molecule has 3 heterocycles. The number of hydrogen-bond donors (Lipinski definition) is 2. The van der Waals surface area contributed by atoms with Crippen LogP contribution < -0.4 is 21.1 Å². The Bertz CT molecular complexity index is 1990. The van der Waals surface area contributed by atoms with Crippen LogP contribution in [0.2, 0.25) is 0 Å². The average molecular weight is 642 g/mol. The molecule has 0 spiro atoms. The van der Waals surface area contributed by atoms with Gasteiger partial charge in [-0.15, -0.1) is 0 Å². The van der Waals surface area contributed by atoms with Gasteiger partial charge in [-0.3, -0.25) is 14.2 Å². The number of halogens is 3. The molecule has 2 aromatic heterocycles. The van der Waals surface area contributed by atoms with Crippen LogP contribution >= 0.6 is 0 Å². The van der Waals surface area contributed by atoms with Crippen molar-refractivity contribution in [2.75, 3.05) is 36.4 Å². The molecule has 0 saturated carbocycles. The third-order valence-electron chi connectivity index (χ3n) is 7.90. The molecule has 1 fully saturated rings. The van der Waals surface area contributed by atoms with Gasteiger partial charge in [-0.1, -0.05) is 36.4 Å². The van der Waals surface area contributed by atoms with E-state index in [0.29, 0.717) is 53.6 Å². The highest BCUT2D eigenvalue weighted by Gasteiger charge is 2.31. The van der Waals surface area contributed by atoms with Crippen molar-refractivity contribution in [3.8, 4) is 5.69 Å². The summed E-state index contributed by atoms with van der Waals surface area (Å²) < 4.78 is 40.7. The lowest BCUT2D eigenvalue weighted by atomic mass is 10.1. The van der Waals surface area contributed by atoms with E-state index in [0.717, 1.165) is 17.7 Å². The fourth-order valence-electron chi connectivity index (χ4n) is 5.37. The smallest absolute Gasteiger partial charge is 0.348 e. The Morgan fingerprint density at radius 3 is 2.28 bits per heavy atom. The number of aromatic nitrogens is 3. The van der Waals surface area contributed by atoms with Crippen molar-refractivity contribution in [3.05, 3.63) is 124 Å². The van der Waals surface area contributed by atoms with Crippen molar-refractivity contribution in [1.29, 1.82) is 0 Å². The predicted octanol–water partition coefficient (Wildman–Crippen LogP) is 5.39. The van der Waals surface area contributed by atoms with Crippen LogP contribution in [-0.4, -0.2) is 57.6 Å². The Morgan fingerprint density at radius 1 is 0.851 bits per heavy atom. The lowest BCUT2D eigenvalue weighted by Crippen LogP contribution is -2.50. The van der Waals surface area contributed by atoms with E-state index in [4.69, 9.17) is 4.98 Å². The summed E-state index contributed by atoms with van der Waals surface area (Å²) in [5.41, 5.74) is 1.90. The molecule has 13 heteroatoms. The van der Waals surface area contributed by atoms with Crippen LogP contribution in [0.4, 0.5) is 29.6 Å². The first-order valence-electron chi connectivity index (χ1n) is 14.9. The number of fused-ring (bicyclic) bond motifs is 1. The minimum atomic E-state index is -4.52. The van der Waals surface area contributed by atoms with Crippen LogP contribution in [0.25, 0.3) is 16.7 Å². The fourth-order valence-corrected chi connectivity index (χ4v) is 5.37. The molecular weight excluding hydrogens is 611 g/mol. The number of urea groups is 1. The van der Waals surface area contributed by atoms with Crippen molar-refractivity contribution in [1.82, 2.24) is 24.8 Å². The quantitative estimate of drug-likeness (QED) is 0.257. The number of carbonyl (C=O) groups is 2. The number of hydrogen-bond acceptors (Lipinski definition) is 6. The van der Waals surface area contributed by atoms with Crippen LogP contribution in [0, 0.1) is 6.92 Å². The summed E-state index contributed by atoms with van der Waals surface area (Å²) in [6.45, 7) is 3.50. The molecular formula is C34H30F3N7O3. The van der Waals surface area contributed by atoms with E-state index in [-0.39, 0.29) is 30.2 Å². The van der Waals surface area contributed by atoms with E-state index in [1.165, 1.54) is 27.7 Å². The molecule has 3 amide bonds. The summed E-state index contributed by atoms with van der Waals surface area (Å²) in [6, 6.07) is 23.4. The zero-order chi connectivity index (χ0) is 33.1. The van der Waals surface area contributed by atoms with E-state index in [1.807, 2.05) is 42.2 Å². The molecule has 0 aliphatic carbocycles. The van der Waals surface area contributed by atoms with Gasteiger partial charge in [0, 0.05) is 55.4 Å². The molecule has 3 aromatic carbocycles. The zero-order valence-corrected chi connectivity index (χ0v) is 25.3. The molecule has 0 bridgehead atoms. The van der Waals surface area contributed by atoms with Gasteiger partial charge in [0.15, 0.2) is 5.65 Å². The number of amides is 3. The Kier molecular flexibility index (Phi) is 8.61. The Hall–Kier alpha value is -5.72. The summed E-state index contributed by atoms with van der Waals surface area (Å²) in [7, 11) is 0. The van der Waals surface area contributed by atoms with Gasteiger partial charge in [-0.25, -0.2) is 9.78 Å². The minimum Gasteiger partial charge on any atom is -0.348 e. The number of carbonyl (C=O) groups excluding carboxylic acids is 2. The number of rotatable bonds is 6. The van der Waals surface area contributed by atoms with Crippen LogP contribution in [0.5, 0.6) is 0 Å². The van der Waals surface area contributed by atoms with E-state index in [9.17, 15) is 27.6 Å². The lowest BCUT2D eigenvalue weighted by molar-refractivity contribution is -0.137. The molecule has 5 aromatic rings. The highest BCUT2D eigenvalue weighted by atomic mass is 19.4. The normalized spacial score (nSPS) is 13.4. The molecule has 0 atom stereocenters. The van der Waals surface area contributed by atoms with Gasteiger partial charge < -0.3 is 20.4 Å². The average Bonchev–Trinajstić information content (AvgIpc) is 3.07. The molecule has 10 nitrogen and oxygen atoms in total. The lowest BCUT2D eigenvalue weighted by Gasteiger charge is -2.35. The number of benzene rings is 3. The molecule has 1 aliphatic heterocycles. The highest BCUT2D eigenvalue weighted by Crippen LogP contribution is 2.31.